The predicted octanol–water partition coefficient (Wildman–Crippen LogP) is 4.06. The second-order valence-corrected chi connectivity index (χ2v) is 6.68. The van der Waals surface area contributed by atoms with E-state index >= 15 is 0 Å². The van der Waals surface area contributed by atoms with Crippen molar-refractivity contribution >= 4 is 10.9 Å². The molecule has 2 aromatic carbocycles. The quantitative estimate of drug-likeness (QED) is 0.714. The smallest absolute Gasteiger partial charge is 0.179 e. The Kier molecular flexibility index (Phi) is 4.51. The van der Waals surface area contributed by atoms with Crippen molar-refractivity contribution in [1.82, 2.24) is 14.9 Å². The number of aromatic nitrogens is 2. The summed E-state index contributed by atoms with van der Waals surface area (Å²) in [6.07, 6.45) is 5.50. The molecule has 130 valence electrons. The SMILES string of the molecule is CC1CCCN1C(Oc1ccc2cncnc2c1)c1ccc(C#N)cc1. The summed E-state index contributed by atoms with van der Waals surface area (Å²) in [7, 11) is 0. The van der Waals surface area contributed by atoms with Crippen molar-refractivity contribution in [3.8, 4) is 11.8 Å². The number of hydrogen-bond donors (Lipinski definition) is 0. The standard InChI is InChI=1S/C21H20N4O/c1-15-3-2-10-25(15)21(17-6-4-16(12-22)5-7-17)26-19-9-8-18-13-23-14-24-20(18)11-19/h4-9,11,13-15,21H,2-3,10H2,1H3. The van der Waals surface area contributed by atoms with Crippen LogP contribution >= 0.6 is 0 Å². The Bertz CT molecular complexity index is 948. The zero-order chi connectivity index (χ0) is 17.9. The van der Waals surface area contributed by atoms with Gasteiger partial charge >= 0.3 is 0 Å². The van der Waals surface area contributed by atoms with Crippen LogP contribution < -0.4 is 4.74 Å². The van der Waals surface area contributed by atoms with Crippen molar-refractivity contribution in [3.63, 3.8) is 0 Å². The maximum absolute atomic E-state index is 9.05. The molecule has 1 aliphatic rings. The number of fused-ring (bicyclic) bond motifs is 1. The summed E-state index contributed by atoms with van der Waals surface area (Å²) in [4.78, 5) is 10.8. The number of hydrogen-bond acceptors (Lipinski definition) is 5. The van der Waals surface area contributed by atoms with Gasteiger partial charge in [-0.15, -0.1) is 0 Å². The minimum atomic E-state index is -0.181. The average Bonchev–Trinajstić information content (AvgIpc) is 3.12. The van der Waals surface area contributed by atoms with E-state index < -0.39 is 0 Å². The molecule has 1 aliphatic heterocycles. The Morgan fingerprint density at radius 3 is 2.81 bits per heavy atom. The summed E-state index contributed by atoms with van der Waals surface area (Å²) in [5.74, 6) is 0.782. The second kappa shape index (κ2) is 7.11. The van der Waals surface area contributed by atoms with Gasteiger partial charge in [-0.25, -0.2) is 9.97 Å². The van der Waals surface area contributed by atoms with Gasteiger partial charge in [-0.05, 0) is 44.0 Å². The van der Waals surface area contributed by atoms with E-state index in [0.29, 0.717) is 11.6 Å². The molecule has 2 heterocycles. The highest BCUT2D eigenvalue weighted by atomic mass is 16.5. The number of likely N-dealkylation sites (tertiary alicyclic amines) is 1. The monoisotopic (exact) mass is 344 g/mol. The predicted molar refractivity (Wildman–Crippen MR) is 99.5 cm³/mol. The molecule has 4 rings (SSSR count). The van der Waals surface area contributed by atoms with Crippen molar-refractivity contribution in [2.45, 2.75) is 32.0 Å². The van der Waals surface area contributed by atoms with Crippen LogP contribution in [0.2, 0.25) is 0 Å². The summed E-state index contributed by atoms with van der Waals surface area (Å²) in [6.45, 7) is 3.24. The highest BCUT2D eigenvalue weighted by molar-refractivity contribution is 5.78. The summed E-state index contributed by atoms with van der Waals surface area (Å²) < 4.78 is 6.42. The zero-order valence-corrected chi connectivity index (χ0v) is 14.7. The molecular formula is C21H20N4O. The third-order valence-electron chi connectivity index (χ3n) is 4.96. The summed E-state index contributed by atoms with van der Waals surface area (Å²) in [6, 6.07) is 16.2. The van der Waals surface area contributed by atoms with Gasteiger partial charge in [-0.2, -0.15) is 5.26 Å². The molecular weight excluding hydrogens is 324 g/mol. The second-order valence-electron chi connectivity index (χ2n) is 6.68. The Hall–Kier alpha value is -2.97. The fraction of sp³-hybridized carbons (Fsp3) is 0.286. The number of rotatable bonds is 4. The van der Waals surface area contributed by atoms with E-state index in [0.717, 1.165) is 28.8 Å². The van der Waals surface area contributed by atoms with E-state index in [9.17, 15) is 0 Å². The van der Waals surface area contributed by atoms with E-state index in [1.165, 1.54) is 12.8 Å². The lowest BCUT2D eigenvalue weighted by Crippen LogP contribution is -2.35. The van der Waals surface area contributed by atoms with Gasteiger partial charge in [0, 0.05) is 35.8 Å². The van der Waals surface area contributed by atoms with Gasteiger partial charge in [0.05, 0.1) is 17.1 Å². The molecule has 0 spiro atoms. The molecule has 0 amide bonds. The van der Waals surface area contributed by atoms with E-state index in [2.05, 4.69) is 27.9 Å². The Morgan fingerprint density at radius 1 is 1.23 bits per heavy atom. The van der Waals surface area contributed by atoms with E-state index in [-0.39, 0.29) is 6.23 Å². The minimum absolute atomic E-state index is 0.181. The molecule has 5 heteroatoms. The zero-order valence-electron chi connectivity index (χ0n) is 14.7. The largest absolute Gasteiger partial charge is 0.471 e. The summed E-state index contributed by atoms with van der Waals surface area (Å²) in [5.41, 5.74) is 2.58. The highest BCUT2D eigenvalue weighted by Gasteiger charge is 2.30. The number of ether oxygens (including phenoxy) is 1. The molecule has 2 unspecified atom stereocenters. The van der Waals surface area contributed by atoms with Crippen LogP contribution in [0.5, 0.6) is 5.75 Å². The fourth-order valence-electron chi connectivity index (χ4n) is 3.51. The van der Waals surface area contributed by atoms with E-state index in [1.54, 1.807) is 12.5 Å². The van der Waals surface area contributed by atoms with E-state index in [4.69, 9.17) is 10.00 Å². The molecule has 0 saturated carbocycles. The number of nitrogens with zero attached hydrogens (tertiary/aromatic N) is 4. The topological polar surface area (TPSA) is 62.0 Å². The number of benzene rings is 2. The van der Waals surface area contributed by atoms with E-state index in [1.807, 2.05) is 42.5 Å². The molecule has 1 fully saturated rings. The first-order chi connectivity index (χ1) is 12.7. The minimum Gasteiger partial charge on any atom is -0.471 e. The van der Waals surface area contributed by atoms with Crippen LogP contribution in [0.25, 0.3) is 10.9 Å². The molecule has 0 aliphatic carbocycles. The maximum Gasteiger partial charge on any atom is 0.179 e. The Balaban J connectivity index is 1.68. The van der Waals surface area contributed by atoms with Gasteiger partial charge in [0.25, 0.3) is 0 Å². The van der Waals surface area contributed by atoms with Crippen molar-refractivity contribution in [2.75, 3.05) is 6.54 Å². The third kappa shape index (κ3) is 3.24. The van der Waals surface area contributed by atoms with Crippen LogP contribution in [-0.2, 0) is 0 Å². The van der Waals surface area contributed by atoms with Gasteiger partial charge in [-0.1, -0.05) is 12.1 Å². The number of nitriles is 1. The van der Waals surface area contributed by atoms with Crippen LogP contribution in [0.3, 0.4) is 0 Å². The van der Waals surface area contributed by atoms with Gasteiger partial charge in [0.2, 0.25) is 0 Å². The molecule has 0 N–H and O–H groups in total. The Labute approximate surface area is 152 Å². The van der Waals surface area contributed by atoms with Crippen LogP contribution in [0, 0.1) is 11.3 Å². The summed E-state index contributed by atoms with van der Waals surface area (Å²) in [5, 5.41) is 10.0. The average molecular weight is 344 g/mol. The third-order valence-corrected chi connectivity index (χ3v) is 4.96. The molecule has 1 aromatic heterocycles. The van der Waals surface area contributed by atoms with Crippen LogP contribution in [0.15, 0.2) is 55.0 Å². The van der Waals surface area contributed by atoms with Gasteiger partial charge in [0.1, 0.15) is 12.1 Å². The molecule has 1 saturated heterocycles. The molecule has 0 bridgehead atoms. The van der Waals surface area contributed by atoms with Crippen LogP contribution in [0.1, 0.15) is 37.1 Å². The highest BCUT2D eigenvalue weighted by Crippen LogP contribution is 2.32. The van der Waals surface area contributed by atoms with Crippen molar-refractivity contribution in [3.05, 3.63) is 66.1 Å². The first-order valence-corrected chi connectivity index (χ1v) is 8.87. The lowest BCUT2D eigenvalue weighted by atomic mass is 10.1. The molecule has 2 atom stereocenters. The lowest BCUT2D eigenvalue weighted by molar-refractivity contribution is 0.0187. The van der Waals surface area contributed by atoms with Crippen molar-refractivity contribution in [2.24, 2.45) is 0 Å². The van der Waals surface area contributed by atoms with Crippen LogP contribution in [-0.4, -0.2) is 27.5 Å². The molecule has 26 heavy (non-hydrogen) atoms. The first kappa shape index (κ1) is 16.5. The first-order valence-electron chi connectivity index (χ1n) is 8.87. The van der Waals surface area contributed by atoms with Gasteiger partial charge < -0.3 is 4.74 Å². The summed E-state index contributed by atoms with van der Waals surface area (Å²) >= 11 is 0. The van der Waals surface area contributed by atoms with Crippen LogP contribution in [0.4, 0.5) is 0 Å². The van der Waals surface area contributed by atoms with Crippen molar-refractivity contribution in [1.29, 1.82) is 5.26 Å². The van der Waals surface area contributed by atoms with Gasteiger partial charge in [-0.3, -0.25) is 4.90 Å². The van der Waals surface area contributed by atoms with Crippen molar-refractivity contribution < 1.29 is 4.74 Å². The maximum atomic E-state index is 9.05. The molecule has 0 radical (unpaired) electrons. The lowest BCUT2D eigenvalue weighted by Gasteiger charge is -2.32. The molecule has 3 aromatic rings. The Morgan fingerprint density at radius 2 is 2.08 bits per heavy atom. The normalized spacial score (nSPS) is 18.5. The fourth-order valence-corrected chi connectivity index (χ4v) is 3.51. The van der Waals surface area contributed by atoms with Gasteiger partial charge in [0.15, 0.2) is 6.23 Å². The molecule has 5 nitrogen and oxygen atoms in total.